The molecule has 9 heteroatoms. The van der Waals surface area contributed by atoms with Crippen LogP contribution in [0.1, 0.15) is 17.4 Å². The summed E-state index contributed by atoms with van der Waals surface area (Å²) in [6.07, 6.45) is -2.60. The van der Waals surface area contributed by atoms with Crippen LogP contribution in [0.15, 0.2) is 17.1 Å². The van der Waals surface area contributed by atoms with Crippen molar-refractivity contribution in [1.82, 2.24) is 14.4 Å². The van der Waals surface area contributed by atoms with Crippen LogP contribution in [-0.2, 0) is 4.74 Å². The first-order chi connectivity index (χ1) is 10.4. The van der Waals surface area contributed by atoms with Crippen LogP contribution in [0.25, 0.3) is 5.78 Å². The molecule has 22 heavy (non-hydrogen) atoms. The smallest absolute Gasteiger partial charge is 0.252 e. The van der Waals surface area contributed by atoms with E-state index in [1.165, 1.54) is 6.07 Å². The Morgan fingerprint density at radius 2 is 2.18 bits per heavy atom. The number of nitrogens with one attached hydrogen (secondary N) is 1. The van der Waals surface area contributed by atoms with Crippen molar-refractivity contribution in [2.24, 2.45) is 0 Å². The summed E-state index contributed by atoms with van der Waals surface area (Å²) in [6.45, 7) is 1.32. The van der Waals surface area contributed by atoms with Gasteiger partial charge in [-0.05, 0) is 6.92 Å². The molecule has 118 valence electrons. The van der Waals surface area contributed by atoms with E-state index in [-0.39, 0.29) is 16.0 Å². The lowest BCUT2D eigenvalue weighted by Crippen LogP contribution is -2.32. The third-order valence-electron chi connectivity index (χ3n) is 3.75. The number of aliphatic hydroxyl groups excluding tert-OH is 3. The van der Waals surface area contributed by atoms with Crippen LogP contribution < -0.4 is 5.56 Å². The molecule has 1 fully saturated rings. The van der Waals surface area contributed by atoms with Gasteiger partial charge in [-0.15, -0.1) is 0 Å². The number of fused-ring (bicyclic) bond motifs is 1. The van der Waals surface area contributed by atoms with Crippen LogP contribution in [0.3, 0.4) is 0 Å². The molecule has 0 amide bonds. The second kappa shape index (κ2) is 5.52. The van der Waals surface area contributed by atoms with Crippen molar-refractivity contribution in [3.05, 3.63) is 38.5 Å². The molecule has 0 spiro atoms. The van der Waals surface area contributed by atoms with Crippen molar-refractivity contribution in [1.29, 1.82) is 0 Å². The van der Waals surface area contributed by atoms with E-state index in [1.54, 1.807) is 17.5 Å². The minimum atomic E-state index is -1.22. The van der Waals surface area contributed by atoms with Crippen LogP contribution >= 0.6 is 12.2 Å². The minimum absolute atomic E-state index is 0.149. The molecule has 0 saturated carbocycles. The molecule has 2 aromatic heterocycles. The molecule has 8 nitrogen and oxygen atoms in total. The monoisotopic (exact) mass is 325 g/mol. The quantitative estimate of drug-likeness (QED) is 0.534. The minimum Gasteiger partial charge on any atom is -0.394 e. The molecule has 1 aliphatic rings. The summed E-state index contributed by atoms with van der Waals surface area (Å²) in [5.74, 6) is 0.283. The standard InChI is InChI=1S/C13H15N3O5S/c1-5-2-8(18)14-13-15-12(22)6(3-16(5)13)11-10(20)9(19)7(4-17)21-11/h2-3,7,9-11,17,19-20H,4H2,1H3,(H,14,15,18,22)/t7-,9?,10+,11+/m1/s1. The van der Waals surface area contributed by atoms with Gasteiger partial charge in [0.25, 0.3) is 5.56 Å². The number of nitrogens with zero attached hydrogens (tertiary/aromatic N) is 2. The van der Waals surface area contributed by atoms with E-state index >= 15 is 0 Å². The summed E-state index contributed by atoms with van der Waals surface area (Å²) in [5.41, 5.74) is 0.750. The zero-order valence-corrected chi connectivity index (χ0v) is 12.4. The van der Waals surface area contributed by atoms with Gasteiger partial charge < -0.3 is 20.1 Å². The Morgan fingerprint density at radius 3 is 2.82 bits per heavy atom. The maximum absolute atomic E-state index is 11.5. The molecule has 4 N–H and O–H groups in total. The fourth-order valence-corrected chi connectivity index (χ4v) is 2.84. The first kappa shape index (κ1) is 15.3. The molecule has 0 radical (unpaired) electrons. The lowest BCUT2D eigenvalue weighted by Gasteiger charge is -2.16. The topological polar surface area (TPSA) is 120 Å². The second-order valence-corrected chi connectivity index (χ2v) is 5.62. The maximum Gasteiger partial charge on any atom is 0.252 e. The zero-order chi connectivity index (χ0) is 16.0. The summed E-state index contributed by atoms with van der Waals surface area (Å²) in [6, 6.07) is 1.40. The maximum atomic E-state index is 11.5. The van der Waals surface area contributed by atoms with E-state index in [0.29, 0.717) is 11.3 Å². The van der Waals surface area contributed by atoms with Crippen LogP contribution in [0.2, 0.25) is 0 Å². The molecule has 1 saturated heterocycles. The Labute approximate surface area is 129 Å². The molecule has 0 aliphatic carbocycles. The van der Waals surface area contributed by atoms with Gasteiger partial charge in [-0.25, -0.2) is 4.98 Å². The Kier molecular flexibility index (Phi) is 3.83. The Morgan fingerprint density at radius 1 is 1.45 bits per heavy atom. The van der Waals surface area contributed by atoms with E-state index in [9.17, 15) is 15.0 Å². The number of hydrogen-bond acceptors (Lipinski definition) is 7. The van der Waals surface area contributed by atoms with Crippen molar-refractivity contribution < 1.29 is 20.1 Å². The van der Waals surface area contributed by atoms with Crippen molar-refractivity contribution >= 4 is 18.0 Å². The number of aliphatic hydroxyl groups is 3. The zero-order valence-electron chi connectivity index (χ0n) is 11.6. The van der Waals surface area contributed by atoms with Gasteiger partial charge in [0.1, 0.15) is 29.1 Å². The van der Waals surface area contributed by atoms with Gasteiger partial charge in [-0.2, -0.15) is 0 Å². The summed E-state index contributed by atoms with van der Waals surface area (Å²) in [4.78, 5) is 18.2. The Hall–Kier alpha value is -1.65. The first-order valence-electron chi connectivity index (χ1n) is 6.68. The number of rotatable bonds is 2. The summed E-state index contributed by atoms with van der Waals surface area (Å²) in [5, 5.41) is 29.1. The van der Waals surface area contributed by atoms with Crippen LogP contribution in [0.5, 0.6) is 0 Å². The molecule has 0 bridgehead atoms. The predicted molar refractivity (Wildman–Crippen MR) is 78.1 cm³/mol. The van der Waals surface area contributed by atoms with Crippen molar-refractivity contribution in [2.45, 2.75) is 31.3 Å². The van der Waals surface area contributed by atoms with Crippen LogP contribution in [0.4, 0.5) is 0 Å². The summed E-state index contributed by atoms with van der Waals surface area (Å²) < 4.78 is 7.23. The van der Waals surface area contributed by atoms with Gasteiger partial charge in [0.05, 0.1) is 6.61 Å². The van der Waals surface area contributed by atoms with Gasteiger partial charge in [-0.3, -0.25) is 14.2 Å². The van der Waals surface area contributed by atoms with Crippen LogP contribution in [-0.4, -0.2) is 54.6 Å². The SMILES string of the molecule is Cc1cc(=O)[nH]c2nc(=S)c([C@@H]3O[C@H](CO)C(O)[C@@H]3O)cn12. The number of ether oxygens (including phenoxy) is 1. The van der Waals surface area contributed by atoms with Gasteiger partial charge in [0.2, 0.25) is 5.78 Å². The van der Waals surface area contributed by atoms with Gasteiger partial charge >= 0.3 is 0 Å². The molecule has 4 atom stereocenters. The van der Waals surface area contributed by atoms with E-state index in [2.05, 4.69) is 9.97 Å². The van der Waals surface area contributed by atoms with E-state index in [1.807, 2.05) is 0 Å². The fraction of sp³-hybridized carbons (Fsp3) is 0.462. The molecular weight excluding hydrogens is 310 g/mol. The second-order valence-electron chi connectivity index (χ2n) is 5.23. The highest BCUT2D eigenvalue weighted by atomic mass is 32.1. The highest BCUT2D eigenvalue weighted by Gasteiger charge is 2.43. The predicted octanol–water partition coefficient (Wildman–Crippen LogP) is -0.785. The van der Waals surface area contributed by atoms with Crippen molar-refractivity contribution in [3.63, 3.8) is 0 Å². The van der Waals surface area contributed by atoms with E-state index < -0.39 is 31.0 Å². The van der Waals surface area contributed by atoms with Gasteiger partial charge in [0.15, 0.2) is 0 Å². The number of aromatic amines is 1. The lowest BCUT2D eigenvalue weighted by molar-refractivity contribution is -0.0230. The summed E-state index contributed by atoms with van der Waals surface area (Å²) in [7, 11) is 0. The summed E-state index contributed by atoms with van der Waals surface area (Å²) >= 11 is 5.19. The van der Waals surface area contributed by atoms with Crippen molar-refractivity contribution in [2.75, 3.05) is 6.61 Å². The molecular formula is C13H15N3O5S. The highest BCUT2D eigenvalue weighted by Crippen LogP contribution is 2.33. The third kappa shape index (κ3) is 2.36. The highest BCUT2D eigenvalue weighted by molar-refractivity contribution is 7.71. The first-order valence-corrected chi connectivity index (χ1v) is 7.09. The van der Waals surface area contributed by atoms with Crippen LogP contribution in [0, 0.1) is 11.6 Å². The molecule has 3 heterocycles. The normalized spacial score (nSPS) is 28.4. The molecule has 1 aliphatic heterocycles. The Balaban J connectivity index is 2.14. The number of aryl methyl sites for hydroxylation is 1. The average molecular weight is 325 g/mol. The van der Waals surface area contributed by atoms with E-state index in [0.717, 1.165) is 0 Å². The lowest BCUT2D eigenvalue weighted by atomic mass is 10.0. The third-order valence-corrected chi connectivity index (χ3v) is 4.08. The molecule has 2 aromatic rings. The number of hydrogen-bond donors (Lipinski definition) is 4. The number of H-pyrrole nitrogens is 1. The fourth-order valence-electron chi connectivity index (χ4n) is 2.58. The largest absolute Gasteiger partial charge is 0.394 e. The Bertz CT molecular complexity index is 833. The van der Waals surface area contributed by atoms with E-state index in [4.69, 9.17) is 22.1 Å². The average Bonchev–Trinajstić information content (AvgIpc) is 2.74. The van der Waals surface area contributed by atoms with Gasteiger partial charge in [0, 0.05) is 23.5 Å². The number of aromatic nitrogens is 3. The molecule has 0 aromatic carbocycles. The molecule has 1 unspecified atom stereocenters. The van der Waals surface area contributed by atoms with Gasteiger partial charge in [-0.1, -0.05) is 12.2 Å². The van der Waals surface area contributed by atoms with Crippen molar-refractivity contribution in [3.8, 4) is 0 Å². The molecule has 3 rings (SSSR count).